The maximum Gasteiger partial charge on any atom is 0.328 e. The standard InChI is InChI=1S/C13H21N3O6/c1-2-3-4-5-10(18)14-6-11(19)15-7-12(20)16-9(8-17)13(21)22/h4-5,9,17H,2-3,6-8H2,1H3,(H,14,18)(H,15,19)(H,16,20)(H,21,22)/b5-4+/t9-/m0/s1. The third kappa shape index (κ3) is 9.48. The minimum absolute atomic E-state index is 0.301. The van der Waals surface area contributed by atoms with Gasteiger partial charge >= 0.3 is 5.97 Å². The Morgan fingerprint density at radius 2 is 1.73 bits per heavy atom. The molecular formula is C13H21N3O6. The van der Waals surface area contributed by atoms with Crippen LogP contribution in [0.4, 0.5) is 0 Å². The van der Waals surface area contributed by atoms with E-state index in [-0.39, 0.29) is 6.54 Å². The van der Waals surface area contributed by atoms with Crippen LogP contribution in [0.25, 0.3) is 0 Å². The van der Waals surface area contributed by atoms with Gasteiger partial charge in [0.1, 0.15) is 6.04 Å². The molecule has 0 saturated heterocycles. The van der Waals surface area contributed by atoms with Gasteiger partial charge in [-0.05, 0) is 12.5 Å². The van der Waals surface area contributed by atoms with Crippen LogP contribution in [-0.4, -0.2) is 59.6 Å². The molecule has 0 saturated carbocycles. The number of rotatable bonds is 10. The highest BCUT2D eigenvalue weighted by molar-refractivity contribution is 5.92. The summed E-state index contributed by atoms with van der Waals surface area (Å²) in [6.45, 7) is 0.455. The Balaban J connectivity index is 3.96. The van der Waals surface area contributed by atoms with Crippen LogP contribution in [0.2, 0.25) is 0 Å². The third-order valence-corrected chi connectivity index (χ3v) is 2.41. The fraction of sp³-hybridized carbons (Fsp3) is 0.538. The molecule has 0 aromatic heterocycles. The van der Waals surface area contributed by atoms with Gasteiger partial charge in [-0.2, -0.15) is 0 Å². The number of carboxylic acid groups (broad SMARTS) is 1. The Hall–Kier alpha value is -2.42. The molecule has 0 spiro atoms. The van der Waals surface area contributed by atoms with Crippen LogP contribution in [0.1, 0.15) is 19.8 Å². The molecule has 0 heterocycles. The number of allylic oxidation sites excluding steroid dienone is 1. The number of aliphatic carboxylic acids is 1. The van der Waals surface area contributed by atoms with Gasteiger partial charge in [-0.25, -0.2) is 4.79 Å². The number of carbonyl (C=O) groups excluding carboxylic acids is 3. The van der Waals surface area contributed by atoms with Crippen LogP contribution in [0.15, 0.2) is 12.2 Å². The van der Waals surface area contributed by atoms with Gasteiger partial charge in [-0.3, -0.25) is 14.4 Å². The summed E-state index contributed by atoms with van der Waals surface area (Å²) in [6.07, 6.45) is 4.67. The number of unbranched alkanes of at least 4 members (excludes halogenated alkanes) is 1. The normalized spacial score (nSPS) is 11.7. The summed E-state index contributed by atoms with van der Waals surface area (Å²) in [5.41, 5.74) is 0. The van der Waals surface area contributed by atoms with Crippen molar-refractivity contribution in [2.24, 2.45) is 0 Å². The summed E-state index contributed by atoms with van der Waals surface area (Å²) in [4.78, 5) is 44.6. The highest BCUT2D eigenvalue weighted by Gasteiger charge is 2.18. The van der Waals surface area contributed by atoms with Gasteiger partial charge in [0, 0.05) is 0 Å². The lowest BCUT2D eigenvalue weighted by Gasteiger charge is -2.12. The van der Waals surface area contributed by atoms with E-state index in [9.17, 15) is 19.2 Å². The van der Waals surface area contributed by atoms with E-state index in [1.54, 1.807) is 6.08 Å². The van der Waals surface area contributed by atoms with Crippen LogP contribution in [0, 0.1) is 0 Å². The molecule has 0 unspecified atom stereocenters. The summed E-state index contributed by atoms with van der Waals surface area (Å²) in [7, 11) is 0. The van der Waals surface area contributed by atoms with E-state index in [1.165, 1.54) is 6.08 Å². The molecule has 9 nitrogen and oxygen atoms in total. The molecule has 0 aromatic rings. The molecule has 1 atom stereocenters. The first-order valence-corrected chi connectivity index (χ1v) is 6.74. The summed E-state index contributed by atoms with van der Waals surface area (Å²) in [6, 6.07) is -1.42. The first-order chi connectivity index (χ1) is 10.4. The van der Waals surface area contributed by atoms with E-state index in [4.69, 9.17) is 10.2 Å². The first kappa shape index (κ1) is 19.6. The highest BCUT2D eigenvalue weighted by Crippen LogP contribution is 1.87. The average molecular weight is 315 g/mol. The molecule has 0 aromatic carbocycles. The molecule has 22 heavy (non-hydrogen) atoms. The number of nitrogens with one attached hydrogen (secondary N) is 3. The Morgan fingerprint density at radius 1 is 1.09 bits per heavy atom. The zero-order chi connectivity index (χ0) is 17.0. The highest BCUT2D eigenvalue weighted by atomic mass is 16.4. The van der Waals surface area contributed by atoms with Crippen molar-refractivity contribution >= 4 is 23.7 Å². The van der Waals surface area contributed by atoms with E-state index < -0.39 is 42.9 Å². The zero-order valence-corrected chi connectivity index (χ0v) is 12.3. The number of hydrogen-bond acceptors (Lipinski definition) is 5. The minimum atomic E-state index is -1.42. The lowest BCUT2D eigenvalue weighted by molar-refractivity contribution is -0.142. The largest absolute Gasteiger partial charge is 0.480 e. The van der Waals surface area contributed by atoms with Crippen LogP contribution < -0.4 is 16.0 Å². The molecule has 0 fully saturated rings. The number of aliphatic hydroxyl groups excluding tert-OH is 1. The maximum absolute atomic E-state index is 11.4. The lowest BCUT2D eigenvalue weighted by Crippen LogP contribution is -2.48. The van der Waals surface area contributed by atoms with Crippen molar-refractivity contribution in [1.29, 1.82) is 0 Å². The van der Waals surface area contributed by atoms with Crippen LogP contribution in [0.5, 0.6) is 0 Å². The second kappa shape index (κ2) is 11.3. The minimum Gasteiger partial charge on any atom is -0.480 e. The predicted octanol–water partition coefficient (Wildman–Crippen LogP) is -1.86. The summed E-state index contributed by atoms with van der Waals surface area (Å²) >= 11 is 0. The Labute approximate surface area is 127 Å². The molecular weight excluding hydrogens is 294 g/mol. The molecule has 0 bridgehead atoms. The molecule has 0 aliphatic carbocycles. The van der Waals surface area contributed by atoms with E-state index in [2.05, 4.69) is 10.6 Å². The number of carbonyl (C=O) groups is 4. The Bertz CT molecular complexity index is 435. The maximum atomic E-state index is 11.4. The topological polar surface area (TPSA) is 145 Å². The number of amides is 3. The van der Waals surface area contributed by atoms with Crippen molar-refractivity contribution in [3.05, 3.63) is 12.2 Å². The Morgan fingerprint density at radius 3 is 2.27 bits per heavy atom. The summed E-state index contributed by atoms with van der Waals surface area (Å²) < 4.78 is 0. The van der Waals surface area contributed by atoms with Crippen molar-refractivity contribution in [2.75, 3.05) is 19.7 Å². The van der Waals surface area contributed by atoms with Crippen molar-refractivity contribution in [2.45, 2.75) is 25.8 Å². The Kier molecular flexibility index (Phi) is 10.0. The third-order valence-electron chi connectivity index (χ3n) is 2.41. The van der Waals surface area contributed by atoms with Gasteiger partial charge in [0.25, 0.3) is 0 Å². The van der Waals surface area contributed by atoms with E-state index in [1.807, 2.05) is 12.2 Å². The monoisotopic (exact) mass is 315 g/mol. The molecule has 0 aliphatic heterocycles. The molecule has 0 rings (SSSR count). The predicted molar refractivity (Wildman–Crippen MR) is 76.7 cm³/mol. The SMILES string of the molecule is CCC/C=C/C(=O)NCC(=O)NCC(=O)N[C@@H](CO)C(=O)O. The van der Waals surface area contributed by atoms with Crippen molar-refractivity contribution in [1.82, 2.24) is 16.0 Å². The fourth-order valence-electron chi connectivity index (χ4n) is 1.26. The first-order valence-electron chi connectivity index (χ1n) is 6.74. The second-order valence-corrected chi connectivity index (χ2v) is 4.33. The summed E-state index contributed by atoms with van der Waals surface area (Å²) in [5, 5.41) is 23.9. The van der Waals surface area contributed by atoms with Crippen molar-refractivity contribution in [3.8, 4) is 0 Å². The lowest BCUT2D eigenvalue weighted by atomic mass is 10.3. The number of carboxylic acids is 1. The second-order valence-electron chi connectivity index (χ2n) is 4.33. The fourth-order valence-corrected chi connectivity index (χ4v) is 1.26. The van der Waals surface area contributed by atoms with E-state index >= 15 is 0 Å². The van der Waals surface area contributed by atoms with Crippen LogP contribution >= 0.6 is 0 Å². The van der Waals surface area contributed by atoms with E-state index in [0.717, 1.165) is 12.8 Å². The smallest absolute Gasteiger partial charge is 0.328 e. The van der Waals surface area contributed by atoms with Gasteiger partial charge in [0.15, 0.2) is 0 Å². The van der Waals surface area contributed by atoms with Gasteiger partial charge in [-0.15, -0.1) is 0 Å². The van der Waals surface area contributed by atoms with Gasteiger partial charge < -0.3 is 26.2 Å². The van der Waals surface area contributed by atoms with Gasteiger partial charge in [-0.1, -0.05) is 19.4 Å². The van der Waals surface area contributed by atoms with Crippen LogP contribution in [-0.2, 0) is 19.2 Å². The molecule has 3 amide bonds. The molecule has 9 heteroatoms. The molecule has 0 aliphatic rings. The number of aliphatic hydroxyl groups is 1. The van der Waals surface area contributed by atoms with Gasteiger partial charge in [0.2, 0.25) is 17.7 Å². The van der Waals surface area contributed by atoms with E-state index in [0.29, 0.717) is 0 Å². The average Bonchev–Trinajstić information content (AvgIpc) is 2.48. The number of hydrogen-bond donors (Lipinski definition) is 5. The molecule has 5 N–H and O–H groups in total. The van der Waals surface area contributed by atoms with Crippen molar-refractivity contribution in [3.63, 3.8) is 0 Å². The van der Waals surface area contributed by atoms with Crippen LogP contribution in [0.3, 0.4) is 0 Å². The zero-order valence-electron chi connectivity index (χ0n) is 12.3. The quantitative estimate of drug-likeness (QED) is 0.299. The molecule has 124 valence electrons. The molecule has 0 radical (unpaired) electrons. The van der Waals surface area contributed by atoms with Crippen molar-refractivity contribution < 1.29 is 29.4 Å². The summed E-state index contributed by atoms with van der Waals surface area (Å²) in [5.74, 6) is -3.15. The van der Waals surface area contributed by atoms with Gasteiger partial charge in [0.05, 0.1) is 19.7 Å².